The molecule has 0 saturated heterocycles. The predicted molar refractivity (Wildman–Crippen MR) is 432 cm³/mol. The van der Waals surface area contributed by atoms with Gasteiger partial charge in [0.05, 0.1) is 38.8 Å². The number of aryl methyl sites for hydroxylation is 1. The van der Waals surface area contributed by atoms with Crippen molar-refractivity contribution in [1.29, 1.82) is 0 Å². The molecule has 2 spiro atoms. The Morgan fingerprint density at radius 2 is 0.644 bits per heavy atom. The Morgan fingerprint density at radius 1 is 0.298 bits per heavy atom. The average Bonchev–Trinajstić information content (AvgIpc) is 1.52. The van der Waals surface area contributed by atoms with Gasteiger partial charge in [-0.1, -0.05) is 267 Å². The number of para-hydroxylation sites is 3. The summed E-state index contributed by atoms with van der Waals surface area (Å²) in [5, 5.41) is 8.44. The predicted octanol–water partition coefficient (Wildman–Crippen LogP) is 25.2. The molecule has 0 fully saturated rings. The van der Waals surface area contributed by atoms with Gasteiger partial charge in [0.15, 0.2) is 0 Å². The molecule has 7 aliphatic carbocycles. The number of hydrogen-bond donors (Lipinski definition) is 0. The van der Waals surface area contributed by atoms with Crippen LogP contribution < -0.4 is 9.80 Å². The van der Waals surface area contributed by atoms with Crippen LogP contribution in [0.1, 0.15) is 74.0 Å². The van der Waals surface area contributed by atoms with E-state index in [1.54, 1.807) is 0 Å². The second kappa shape index (κ2) is 21.9. The molecule has 0 N–H and O–H groups in total. The lowest BCUT2D eigenvalue weighted by molar-refractivity contribution is 0.465. The number of hydrogen-bond acceptors (Lipinski definition) is 2. The second-order valence-corrected chi connectivity index (χ2v) is 29.5. The van der Waals surface area contributed by atoms with E-state index in [2.05, 4.69) is 383 Å². The van der Waals surface area contributed by atoms with E-state index in [-0.39, 0.29) is 34.5 Å². The molecule has 0 saturated carbocycles. The highest BCUT2D eigenvalue weighted by atomic mass is 15.2. The molecule has 0 amide bonds. The molecule has 4 unspecified atom stereocenters. The highest BCUT2D eigenvalue weighted by Crippen LogP contribution is 2.68. The van der Waals surface area contributed by atoms with E-state index in [0.29, 0.717) is 0 Å². The standard InChI is InChI=1S/C100H68N4/c1-2-36-80-79(35-1)97(101(63-49-53-65(54-50-63)103-93-45-21-11-31-75(93)76-32-12-22-46-94(76)103)67-57-59-91-83(61-67)73-29-9-19-43-89(73)99(91)85-39-15-5-25-69(85)70-26-6-16-40-86(70)99)81-37-3-4-38-82(81)98(80)102(64-51-55-66(56-52-64)104-95-47-23-13-33-77(95)78-34-14-24-48-96(78)104)68-58-60-92-84(62-68)74-30-10-20-44-90(74)100(92)87-41-17-7-27-71(87)72-28-8-18-42-88(72)100/h1-13,15-33,35-62,73-74,89-90H,14,34H2. The first-order valence-corrected chi connectivity index (χ1v) is 37.0. The fourth-order valence-electron chi connectivity index (χ4n) is 21.0. The largest absolute Gasteiger partial charge is 0.310 e. The Hall–Kier alpha value is -12.8. The zero-order valence-corrected chi connectivity index (χ0v) is 57.2. The van der Waals surface area contributed by atoms with Gasteiger partial charge in [-0.2, -0.15) is 0 Å². The van der Waals surface area contributed by atoms with Crippen molar-refractivity contribution in [2.24, 2.45) is 11.8 Å². The van der Waals surface area contributed by atoms with Gasteiger partial charge in [-0.15, -0.1) is 0 Å². The van der Waals surface area contributed by atoms with Gasteiger partial charge in [0.1, 0.15) is 0 Å². The van der Waals surface area contributed by atoms with Gasteiger partial charge in [-0.3, -0.25) is 0 Å². The third-order valence-corrected chi connectivity index (χ3v) is 24.9. The number of rotatable bonds is 8. The van der Waals surface area contributed by atoms with Crippen LogP contribution >= 0.6 is 0 Å². The van der Waals surface area contributed by atoms with Crippen LogP contribution in [0.4, 0.5) is 34.1 Å². The van der Waals surface area contributed by atoms with E-state index in [4.69, 9.17) is 0 Å². The molecule has 2 heterocycles. The summed E-state index contributed by atoms with van der Waals surface area (Å²) in [5.41, 5.74) is 30.9. The molecule has 104 heavy (non-hydrogen) atoms. The van der Waals surface area contributed by atoms with E-state index in [1.165, 1.54) is 111 Å². The first kappa shape index (κ1) is 57.9. The number of benzene rings is 14. The van der Waals surface area contributed by atoms with Gasteiger partial charge in [0.25, 0.3) is 0 Å². The zero-order valence-electron chi connectivity index (χ0n) is 57.2. The van der Waals surface area contributed by atoms with Gasteiger partial charge in [-0.05, 0) is 182 Å². The Morgan fingerprint density at radius 3 is 1.08 bits per heavy atom. The van der Waals surface area contributed by atoms with Crippen LogP contribution in [0.2, 0.25) is 0 Å². The van der Waals surface area contributed by atoms with Gasteiger partial charge >= 0.3 is 0 Å². The molecule has 0 aliphatic heterocycles. The summed E-state index contributed by atoms with van der Waals surface area (Å²) in [7, 11) is 0. The summed E-state index contributed by atoms with van der Waals surface area (Å²) in [5.74, 6) is 0.638. The van der Waals surface area contributed by atoms with Crippen LogP contribution in [-0.4, -0.2) is 9.13 Å². The van der Waals surface area contributed by atoms with Crippen LogP contribution in [0.5, 0.6) is 0 Å². The summed E-state index contributed by atoms with van der Waals surface area (Å²) in [4.78, 5) is 5.22. The van der Waals surface area contributed by atoms with Crippen molar-refractivity contribution in [3.8, 4) is 33.6 Å². The van der Waals surface area contributed by atoms with E-state index < -0.39 is 0 Å². The molecule has 0 bridgehead atoms. The zero-order chi connectivity index (χ0) is 67.9. The van der Waals surface area contributed by atoms with Crippen molar-refractivity contribution in [2.45, 2.75) is 35.5 Å². The third kappa shape index (κ3) is 7.66. The van der Waals surface area contributed by atoms with E-state index in [0.717, 1.165) is 79.9 Å². The molecule has 4 nitrogen and oxygen atoms in total. The van der Waals surface area contributed by atoms with Crippen molar-refractivity contribution in [1.82, 2.24) is 9.13 Å². The maximum Gasteiger partial charge on any atom is 0.0619 e. The molecule has 14 aromatic carbocycles. The molecule has 16 aromatic rings. The monoisotopic (exact) mass is 1320 g/mol. The van der Waals surface area contributed by atoms with E-state index in [1.807, 2.05) is 0 Å². The van der Waals surface area contributed by atoms with Crippen LogP contribution in [0, 0.1) is 11.8 Å². The smallest absolute Gasteiger partial charge is 0.0619 e. The minimum Gasteiger partial charge on any atom is -0.310 e. The highest BCUT2D eigenvalue weighted by Gasteiger charge is 2.59. The van der Waals surface area contributed by atoms with Gasteiger partial charge in [0.2, 0.25) is 0 Å². The number of anilines is 6. The van der Waals surface area contributed by atoms with Crippen LogP contribution in [0.15, 0.2) is 358 Å². The quantitative estimate of drug-likeness (QED) is 0.111. The Balaban J connectivity index is 0.770. The van der Waals surface area contributed by atoms with Crippen molar-refractivity contribution in [3.05, 3.63) is 414 Å². The molecular formula is C100H68N4. The van der Waals surface area contributed by atoms with Crippen molar-refractivity contribution < 1.29 is 0 Å². The highest BCUT2D eigenvalue weighted by molar-refractivity contribution is 6.23. The summed E-state index contributed by atoms with van der Waals surface area (Å²) >= 11 is 0. The van der Waals surface area contributed by atoms with Crippen LogP contribution in [-0.2, 0) is 17.3 Å². The number of fused-ring (bicyclic) bond motifs is 28. The maximum absolute atomic E-state index is 2.61. The fourth-order valence-corrected chi connectivity index (χ4v) is 21.0. The Labute approximate surface area is 604 Å². The number of nitrogens with zero attached hydrogens (tertiary/aromatic N) is 4. The van der Waals surface area contributed by atoms with Crippen LogP contribution in [0.3, 0.4) is 0 Å². The summed E-state index contributed by atoms with van der Waals surface area (Å²) in [6, 6.07) is 116. The second-order valence-electron chi connectivity index (χ2n) is 29.5. The minimum atomic E-state index is -0.369. The maximum atomic E-state index is 2.61. The lowest BCUT2D eigenvalue weighted by Crippen LogP contribution is -2.32. The van der Waals surface area contributed by atoms with E-state index >= 15 is 0 Å². The lowest BCUT2D eigenvalue weighted by atomic mass is 9.65. The van der Waals surface area contributed by atoms with E-state index in [9.17, 15) is 0 Å². The first-order valence-electron chi connectivity index (χ1n) is 37.0. The molecule has 4 heteroatoms. The Kier molecular flexibility index (Phi) is 12.2. The van der Waals surface area contributed by atoms with Gasteiger partial charge < -0.3 is 18.9 Å². The Bertz CT molecular complexity index is 6340. The molecule has 488 valence electrons. The molecule has 2 aromatic heterocycles. The third-order valence-electron chi connectivity index (χ3n) is 24.9. The van der Waals surface area contributed by atoms with Crippen LogP contribution in [0.25, 0.3) is 94.0 Å². The average molecular weight is 1330 g/mol. The van der Waals surface area contributed by atoms with Crippen molar-refractivity contribution >= 4 is 94.5 Å². The SMILES string of the molecule is C1=CC2c3cc(N(c4ccc(-n5c6c(c7ccccc75)CCC=C6)cc4)c4c5ccccc5c(N(c5ccc(-n6c7ccccc7c7ccccc76)cc5)c5ccc6c(c5)C5C=CC=CC5C65c6ccccc6-c6ccccc65)c5ccccc45)ccc3C3(c4ccccc4-c4ccccc43)C2C=C1. The number of allylic oxidation sites excluding steroid dienone is 9. The molecular weight excluding hydrogens is 1260 g/mol. The van der Waals surface area contributed by atoms with Crippen molar-refractivity contribution in [3.63, 3.8) is 0 Å². The molecule has 7 aliphatic rings. The number of aromatic nitrogens is 2. The minimum absolute atomic E-state index is 0.137. The van der Waals surface area contributed by atoms with Gasteiger partial charge in [0, 0.05) is 101 Å². The summed E-state index contributed by atoms with van der Waals surface area (Å²) < 4.78 is 4.92. The topological polar surface area (TPSA) is 16.3 Å². The van der Waals surface area contributed by atoms with Gasteiger partial charge in [-0.25, -0.2) is 0 Å². The van der Waals surface area contributed by atoms with Crippen molar-refractivity contribution in [2.75, 3.05) is 9.80 Å². The molecule has 4 atom stereocenters. The first-order chi connectivity index (χ1) is 51.6. The summed E-state index contributed by atoms with van der Waals surface area (Å²) in [6.45, 7) is 0. The normalized spacial score (nSPS) is 18.1. The molecule has 23 rings (SSSR count). The lowest BCUT2D eigenvalue weighted by Gasteiger charge is -2.36. The summed E-state index contributed by atoms with van der Waals surface area (Å²) in [6.07, 6.45) is 25.9. The molecule has 0 radical (unpaired) electrons. The fraction of sp³-hybridized carbons (Fsp3) is 0.0800.